The topological polar surface area (TPSA) is 56.8 Å². The van der Waals surface area contributed by atoms with E-state index in [2.05, 4.69) is 5.32 Å². The summed E-state index contributed by atoms with van der Waals surface area (Å²) in [7, 11) is 4.76. The molecule has 0 fully saturated rings. The highest BCUT2D eigenvalue weighted by molar-refractivity contribution is 5.79. The number of nitrogens with one attached hydrogen (secondary N) is 1. The Balaban J connectivity index is 2.66. The summed E-state index contributed by atoms with van der Waals surface area (Å²) in [4.78, 5) is 11.7. The van der Waals surface area contributed by atoms with E-state index >= 15 is 0 Å². The molecule has 1 rings (SSSR count). The minimum absolute atomic E-state index is 0.0707. The minimum Gasteiger partial charge on any atom is -0.497 e. The lowest BCUT2D eigenvalue weighted by Crippen LogP contribution is -2.28. The van der Waals surface area contributed by atoms with E-state index < -0.39 is 0 Å². The van der Waals surface area contributed by atoms with Crippen LogP contribution in [0.2, 0.25) is 0 Å². The molecule has 1 amide bonds. The lowest BCUT2D eigenvalue weighted by Gasteiger charge is -2.10. The van der Waals surface area contributed by atoms with Gasteiger partial charge in [-0.25, -0.2) is 0 Å². The molecule has 1 aromatic carbocycles. The number of hydrogen-bond donors (Lipinski definition) is 1. The van der Waals surface area contributed by atoms with E-state index in [0.29, 0.717) is 24.7 Å². The molecule has 0 heterocycles. The van der Waals surface area contributed by atoms with Crippen LogP contribution in [0.15, 0.2) is 18.2 Å². The molecule has 100 valence electrons. The summed E-state index contributed by atoms with van der Waals surface area (Å²) in [5.41, 5.74) is 0.798. The van der Waals surface area contributed by atoms with E-state index in [1.54, 1.807) is 39.5 Å². The zero-order chi connectivity index (χ0) is 13.4. The average molecular weight is 253 g/mol. The smallest absolute Gasteiger partial charge is 0.224 e. The van der Waals surface area contributed by atoms with Gasteiger partial charge in [-0.15, -0.1) is 0 Å². The van der Waals surface area contributed by atoms with Crippen molar-refractivity contribution in [1.82, 2.24) is 5.32 Å². The molecule has 0 aliphatic heterocycles. The molecule has 1 N–H and O–H groups in total. The average Bonchev–Trinajstić information content (AvgIpc) is 2.39. The first-order valence-corrected chi connectivity index (χ1v) is 5.67. The van der Waals surface area contributed by atoms with Gasteiger partial charge in [-0.1, -0.05) is 0 Å². The second-order valence-electron chi connectivity index (χ2n) is 3.70. The minimum atomic E-state index is -0.0707. The van der Waals surface area contributed by atoms with Gasteiger partial charge in [0.1, 0.15) is 11.5 Å². The van der Waals surface area contributed by atoms with Crippen molar-refractivity contribution in [1.29, 1.82) is 0 Å². The Bertz CT molecular complexity index is 393. The third-order valence-electron chi connectivity index (χ3n) is 2.47. The molecule has 0 aliphatic carbocycles. The van der Waals surface area contributed by atoms with Crippen molar-refractivity contribution in [3.05, 3.63) is 23.8 Å². The second kappa shape index (κ2) is 7.55. The molecule has 0 spiro atoms. The molecule has 0 bridgehead atoms. The first-order chi connectivity index (χ1) is 8.71. The van der Waals surface area contributed by atoms with E-state index in [9.17, 15) is 4.79 Å². The Hall–Kier alpha value is -1.75. The maximum atomic E-state index is 11.7. The molecular weight excluding hydrogens is 234 g/mol. The van der Waals surface area contributed by atoms with Crippen molar-refractivity contribution in [2.45, 2.75) is 6.42 Å². The van der Waals surface area contributed by atoms with Gasteiger partial charge < -0.3 is 19.5 Å². The lowest BCUT2D eigenvalue weighted by molar-refractivity contribution is -0.120. The van der Waals surface area contributed by atoms with E-state index in [0.717, 1.165) is 5.56 Å². The van der Waals surface area contributed by atoms with Crippen molar-refractivity contribution in [3.63, 3.8) is 0 Å². The van der Waals surface area contributed by atoms with Gasteiger partial charge in [0.2, 0.25) is 5.91 Å². The number of ether oxygens (including phenoxy) is 3. The number of benzene rings is 1. The molecule has 0 saturated heterocycles. The maximum absolute atomic E-state index is 11.7. The van der Waals surface area contributed by atoms with Crippen LogP contribution in [0.1, 0.15) is 5.56 Å². The zero-order valence-electron chi connectivity index (χ0n) is 11.0. The molecule has 18 heavy (non-hydrogen) atoms. The van der Waals surface area contributed by atoms with Crippen LogP contribution in [0.25, 0.3) is 0 Å². The number of methoxy groups -OCH3 is 3. The normalized spacial score (nSPS) is 9.94. The Morgan fingerprint density at radius 1 is 1.22 bits per heavy atom. The number of carbonyl (C=O) groups is 1. The van der Waals surface area contributed by atoms with Gasteiger partial charge in [-0.3, -0.25) is 4.79 Å². The van der Waals surface area contributed by atoms with E-state index in [-0.39, 0.29) is 12.3 Å². The van der Waals surface area contributed by atoms with Gasteiger partial charge in [0.15, 0.2) is 0 Å². The Labute approximate surface area is 107 Å². The summed E-state index contributed by atoms with van der Waals surface area (Å²) >= 11 is 0. The largest absolute Gasteiger partial charge is 0.497 e. The molecule has 0 radical (unpaired) electrons. The fraction of sp³-hybridized carbons (Fsp3) is 0.462. The second-order valence-corrected chi connectivity index (χ2v) is 3.70. The number of amides is 1. The van der Waals surface area contributed by atoms with Gasteiger partial charge in [-0.05, 0) is 18.2 Å². The first kappa shape index (κ1) is 14.3. The summed E-state index contributed by atoms with van der Waals surface area (Å²) in [5.74, 6) is 1.31. The van der Waals surface area contributed by atoms with Crippen molar-refractivity contribution in [2.75, 3.05) is 34.5 Å². The van der Waals surface area contributed by atoms with Crippen molar-refractivity contribution < 1.29 is 19.0 Å². The van der Waals surface area contributed by atoms with Gasteiger partial charge in [0.25, 0.3) is 0 Å². The number of carbonyl (C=O) groups excluding carboxylic acids is 1. The first-order valence-electron chi connectivity index (χ1n) is 5.67. The summed E-state index contributed by atoms with van der Waals surface area (Å²) in [5, 5.41) is 2.76. The van der Waals surface area contributed by atoms with Crippen LogP contribution in [-0.4, -0.2) is 40.4 Å². The summed E-state index contributed by atoms with van der Waals surface area (Å²) < 4.78 is 15.2. The third kappa shape index (κ3) is 4.25. The highest BCUT2D eigenvalue weighted by atomic mass is 16.5. The molecule has 0 unspecified atom stereocenters. The quantitative estimate of drug-likeness (QED) is 0.737. The molecule has 0 saturated carbocycles. The predicted octanol–water partition coefficient (Wildman–Crippen LogP) is 1.01. The fourth-order valence-electron chi connectivity index (χ4n) is 1.55. The predicted molar refractivity (Wildman–Crippen MR) is 68.1 cm³/mol. The van der Waals surface area contributed by atoms with E-state index in [4.69, 9.17) is 14.2 Å². The number of hydrogen-bond acceptors (Lipinski definition) is 4. The van der Waals surface area contributed by atoms with Crippen LogP contribution in [0.3, 0.4) is 0 Å². The van der Waals surface area contributed by atoms with Crippen LogP contribution in [0, 0.1) is 0 Å². The van der Waals surface area contributed by atoms with Crippen LogP contribution >= 0.6 is 0 Å². The molecule has 1 aromatic rings. The van der Waals surface area contributed by atoms with Gasteiger partial charge in [0, 0.05) is 19.2 Å². The summed E-state index contributed by atoms with van der Waals surface area (Å²) in [6.45, 7) is 1.00. The monoisotopic (exact) mass is 253 g/mol. The molecule has 5 nitrogen and oxygen atoms in total. The van der Waals surface area contributed by atoms with Crippen LogP contribution in [-0.2, 0) is 16.0 Å². The SMILES string of the molecule is COCCNC(=O)Cc1cc(OC)ccc1OC. The van der Waals surface area contributed by atoms with Gasteiger partial charge in [-0.2, -0.15) is 0 Å². The van der Waals surface area contributed by atoms with Crippen LogP contribution in [0.5, 0.6) is 11.5 Å². The van der Waals surface area contributed by atoms with Crippen molar-refractivity contribution in [3.8, 4) is 11.5 Å². The van der Waals surface area contributed by atoms with Crippen LogP contribution < -0.4 is 14.8 Å². The molecular formula is C13H19NO4. The van der Waals surface area contributed by atoms with Crippen LogP contribution in [0.4, 0.5) is 0 Å². The standard InChI is InChI=1S/C13H19NO4/c1-16-7-6-14-13(15)9-10-8-11(17-2)4-5-12(10)18-3/h4-5,8H,6-7,9H2,1-3H3,(H,14,15). The Morgan fingerprint density at radius 2 is 2.00 bits per heavy atom. The molecule has 0 atom stereocenters. The Morgan fingerprint density at radius 3 is 2.61 bits per heavy atom. The molecule has 5 heteroatoms. The molecule has 0 aromatic heterocycles. The number of rotatable bonds is 7. The van der Waals surface area contributed by atoms with E-state index in [1.807, 2.05) is 0 Å². The third-order valence-corrected chi connectivity index (χ3v) is 2.47. The van der Waals surface area contributed by atoms with Crippen molar-refractivity contribution >= 4 is 5.91 Å². The Kier molecular flexibility index (Phi) is 6.00. The lowest BCUT2D eigenvalue weighted by atomic mass is 10.1. The molecule has 0 aliphatic rings. The zero-order valence-corrected chi connectivity index (χ0v) is 11.0. The highest BCUT2D eigenvalue weighted by Crippen LogP contribution is 2.24. The highest BCUT2D eigenvalue weighted by Gasteiger charge is 2.09. The van der Waals surface area contributed by atoms with Crippen molar-refractivity contribution in [2.24, 2.45) is 0 Å². The fourth-order valence-corrected chi connectivity index (χ4v) is 1.55. The maximum Gasteiger partial charge on any atom is 0.224 e. The van der Waals surface area contributed by atoms with E-state index in [1.165, 1.54) is 0 Å². The van der Waals surface area contributed by atoms with Gasteiger partial charge in [0.05, 0.1) is 27.2 Å². The summed E-state index contributed by atoms with van der Waals surface area (Å²) in [6.07, 6.45) is 0.254. The summed E-state index contributed by atoms with van der Waals surface area (Å²) in [6, 6.07) is 5.39. The van der Waals surface area contributed by atoms with Gasteiger partial charge >= 0.3 is 0 Å².